The average Bonchev–Trinajstić information content (AvgIpc) is 2.24. The molecule has 2 N–H and O–H groups in total. The molecule has 0 aromatic heterocycles. The number of hydrogen-bond acceptors (Lipinski definition) is 4. The van der Waals surface area contributed by atoms with E-state index in [-0.39, 0.29) is 17.9 Å². The molecule has 0 radical (unpaired) electrons. The Morgan fingerprint density at radius 2 is 1.89 bits per heavy atom. The van der Waals surface area contributed by atoms with Crippen molar-refractivity contribution in [1.82, 2.24) is 5.32 Å². The molecule has 2 rings (SSSR count). The van der Waals surface area contributed by atoms with Gasteiger partial charge in [-0.3, -0.25) is 4.79 Å². The maximum absolute atomic E-state index is 11.3. The third kappa shape index (κ3) is 3.08. The van der Waals surface area contributed by atoms with Crippen LogP contribution in [0.4, 0.5) is 0 Å². The Morgan fingerprint density at radius 3 is 2.39 bits per heavy atom. The van der Waals surface area contributed by atoms with E-state index in [9.17, 15) is 13.2 Å². The zero-order valence-electron chi connectivity index (χ0n) is 9.80. The van der Waals surface area contributed by atoms with E-state index in [0.29, 0.717) is 6.54 Å². The van der Waals surface area contributed by atoms with Crippen LogP contribution in [0.25, 0.3) is 0 Å². The zero-order chi connectivity index (χ0) is 13.2. The molecule has 0 atom stereocenters. The molecule has 98 valence electrons. The van der Waals surface area contributed by atoms with Gasteiger partial charge in [-0.15, -0.1) is 0 Å². The third-order valence-electron chi connectivity index (χ3n) is 2.99. The molecule has 6 heteroatoms. The monoisotopic (exact) mass is 269 g/mol. The fraction of sp³-hybridized carbons (Fsp3) is 0.417. The Bertz CT molecular complexity index is 526. The van der Waals surface area contributed by atoms with Gasteiger partial charge in [-0.05, 0) is 5.56 Å². The Hall–Kier alpha value is -1.40. The minimum Gasteiger partial charge on any atom is -0.481 e. The number of carboxylic acids is 1. The quantitative estimate of drug-likeness (QED) is 0.809. The molecule has 0 saturated carbocycles. The molecule has 1 aromatic rings. The highest BCUT2D eigenvalue weighted by Crippen LogP contribution is 2.27. The number of nitrogens with one attached hydrogen (secondary N) is 1. The van der Waals surface area contributed by atoms with Gasteiger partial charge in [-0.2, -0.15) is 0 Å². The normalized spacial score (nSPS) is 20.0. The van der Waals surface area contributed by atoms with Crippen LogP contribution in [-0.2, 0) is 21.2 Å². The van der Waals surface area contributed by atoms with Crippen molar-refractivity contribution in [2.45, 2.75) is 18.5 Å². The molecule has 1 saturated heterocycles. The van der Waals surface area contributed by atoms with Crippen LogP contribution in [-0.4, -0.2) is 36.5 Å². The van der Waals surface area contributed by atoms with E-state index in [4.69, 9.17) is 5.11 Å². The molecule has 1 fully saturated rings. The molecule has 0 bridgehead atoms. The summed E-state index contributed by atoms with van der Waals surface area (Å²) in [5, 5.41) is 11.9. The van der Waals surface area contributed by atoms with Gasteiger partial charge in [0, 0.05) is 6.54 Å². The van der Waals surface area contributed by atoms with Gasteiger partial charge in [0.15, 0.2) is 9.84 Å². The lowest BCUT2D eigenvalue weighted by molar-refractivity contribution is -0.138. The Kier molecular flexibility index (Phi) is 3.41. The van der Waals surface area contributed by atoms with Gasteiger partial charge in [-0.1, -0.05) is 30.3 Å². The largest absolute Gasteiger partial charge is 0.481 e. The van der Waals surface area contributed by atoms with Crippen LogP contribution in [0.15, 0.2) is 30.3 Å². The highest BCUT2D eigenvalue weighted by molar-refractivity contribution is 7.93. The van der Waals surface area contributed by atoms with Gasteiger partial charge in [0.25, 0.3) is 0 Å². The second kappa shape index (κ2) is 4.70. The summed E-state index contributed by atoms with van der Waals surface area (Å²) in [6, 6.07) is 9.49. The predicted octanol–water partition coefficient (Wildman–Crippen LogP) is 0.418. The summed E-state index contributed by atoms with van der Waals surface area (Å²) in [6.07, 6.45) is -0.168. The maximum atomic E-state index is 11.3. The molecular formula is C12H15NO4S. The standard InChI is InChI=1S/C12H15NO4S/c14-11(15)6-12(8-18(16,17)9-12)13-7-10-4-2-1-3-5-10/h1-5,13H,6-9H2,(H,14,15). The van der Waals surface area contributed by atoms with Crippen LogP contribution in [0.3, 0.4) is 0 Å². The van der Waals surface area contributed by atoms with E-state index in [1.54, 1.807) is 0 Å². The molecule has 0 unspecified atom stereocenters. The van der Waals surface area contributed by atoms with Crippen LogP contribution < -0.4 is 5.32 Å². The molecular weight excluding hydrogens is 254 g/mol. The Labute approximate surface area is 106 Å². The van der Waals surface area contributed by atoms with E-state index < -0.39 is 21.3 Å². The lowest BCUT2D eigenvalue weighted by atomic mass is 9.98. The first-order valence-corrected chi connectivity index (χ1v) is 7.44. The first-order valence-electron chi connectivity index (χ1n) is 5.62. The second-order valence-corrected chi connectivity index (χ2v) is 6.79. The number of aliphatic carboxylic acids is 1. The zero-order valence-corrected chi connectivity index (χ0v) is 10.6. The lowest BCUT2D eigenvalue weighted by Gasteiger charge is -2.40. The van der Waals surface area contributed by atoms with Crippen LogP contribution in [0.5, 0.6) is 0 Å². The van der Waals surface area contributed by atoms with Crippen molar-refractivity contribution in [3.8, 4) is 0 Å². The number of carboxylic acid groups (broad SMARTS) is 1. The predicted molar refractivity (Wildman–Crippen MR) is 66.9 cm³/mol. The number of rotatable bonds is 5. The lowest BCUT2D eigenvalue weighted by Crippen LogP contribution is -2.64. The molecule has 0 amide bonds. The summed E-state index contributed by atoms with van der Waals surface area (Å²) in [5.74, 6) is -1.18. The summed E-state index contributed by atoms with van der Waals surface area (Å²) >= 11 is 0. The van der Waals surface area contributed by atoms with Crippen molar-refractivity contribution in [2.24, 2.45) is 0 Å². The van der Waals surface area contributed by atoms with Gasteiger partial charge in [-0.25, -0.2) is 8.42 Å². The van der Waals surface area contributed by atoms with Crippen molar-refractivity contribution in [1.29, 1.82) is 0 Å². The SMILES string of the molecule is O=C(O)CC1(NCc2ccccc2)CS(=O)(=O)C1. The summed E-state index contributed by atoms with van der Waals surface area (Å²) in [4.78, 5) is 10.8. The van der Waals surface area contributed by atoms with Gasteiger partial charge in [0.2, 0.25) is 0 Å². The summed E-state index contributed by atoms with van der Waals surface area (Å²) < 4.78 is 22.5. The minimum atomic E-state index is -3.06. The molecule has 18 heavy (non-hydrogen) atoms. The molecule has 1 heterocycles. The number of benzene rings is 1. The molecule has 0 spiro atoms. The van der Waals surface area contributed by atoms with Gasteiger partial charge >= 0.3 is 5.97 Å². The van der Waals surface area contributed by atoms with Crippen LogP contribution in [0, 0.1) is 0 Å². The molecule has 1 aliphatic heterocycles. The van der Waals surface area contributed by atoms with Gasteiger partial charge < -0.3 is 10.4 Å². The average molecular weight is 269 g/mol. The van der Waals surface area contributed by atoms with E-state index in [1.165, 1.54) is 0 Å². The van der Waals surface area contributed by atoms with Crippen LogP contribution in [0.2, 0.25) is 0 Å². The highest BCUT2D eigenvalue weighted by Gasteiger charge is 2.49. The topological polar surface area (TPSA) is 83.5 Å². The highest BCUT2D eigenvalue weighted by atomic mass is 32.2. The molecule has 5 nitrogen and oxygen atoms in total. The fourth-order valence-corrected chi connectivity index (χ4v) is 4.25. The van der Waals surface area contributed by atoms with Crippen LogP contribution in [0.1, 0.15) is 12.0 Å². The first kappa shape index (κ1) is 13.0. The van der Waals surface area contributed by atoms with Crippen molar-refractivity contribution in [2.75, 3.05) is 11.5 Å². The number of carbonyl (C=O) groups is 1. The number of sulfone groups is 1. The first-order chi connectivity index (χ1) is 8.41. The minimum absolute atomic E-state index is 0.0981. The van der Waals surface area contributed by atoms with E-state index >= 15 is 0 Å². The van der Waals surface area contributed by atoms with Crippen molar-refractivity contribution in [3.05, 3.63) is 35.9 Å². The Morgan fingerprint density at radius 1 is 1.28 bits per heavy atom. The van der Waals surface area contributed by atoms with E-state index in [2.05, 4.69) is 5.32 Å². The Balaban J connectivity index is 2.01. The molecule has 0 aliphatic carbocycles. The number of hydrogen-bond donors (Lipinski definition) is 2. The van der Waals surface area contributed by atoms with E-state index in [0.717, 1.165) is 5.56 Å². The van der Waals surface area contributed by atoms with Gasteiger partial charge in [0.05, 0.1) is 23.5 Å². The fourth-order valence-electron chi connectivity index (χ4n) is 2.24. The smallest absolute Gasteiger partial charge is 0.305 e. The van der Waals surface area contributed by atoms with Crippen LogP contribution >= 0.6 is 0 Å². The van der Waals surface area contributed by atoms with Crippen molar-refractivity contribution in [3.63, 3.8) is 0 Å². The van der Waals surface area contributed by atoms with Crippen molar-refractivity contribution < 1.29 is 18.3 Å². The molecule has 1 aliphatic rings. The third-order valence-corrected chi connectivity index (χ3v) is 4.98. The summed E-state index contributed by atoms with van der Waals surface area (Å²) in [7, 11) is -3.06. The molecule has 1 aromatic carbocycles. The summed E-state index contributed by atoms with van der Waals surface area (Å²) in [5.41, 5.74) is 0.201. The second-order valence-electron chi connectivity index (χ2n) is 4.72. The van der Waals surface area contributed by atoms with Gasteiger partial charge in [0.1, 0.15) is 0 Å². The summed E-state index contributed by atoms with van der Waals surface area (Å²) in [6.45, 7) is 0.476. The van der Waals surface area contributed by atoms with E-state index in [1.807, 2.05) is 30.3 Å². The van der Waals surface area contributed by atoms with Crippen molar-refractivity contribution >= 4 is 15.8 Å². The maximum Gasteiger partial charge on any atom is 0.305 e.